The van der Waals surface area contributed by atoms with Crippen molar-refractivity contribution in [2.45, 2.75) is 36.7 Å². The maximum atomic E-state index is 14.5. The van der Waals surface area contributed by atoms with Gasteiger partial charge in [0, 0.05) is 24.7 Å². The Labute approximate surface area is 188 Å². The third-order valence-electron chi connectivity index (χ3n) is 6.02. The fourth-order valence-corrected chi connectivity index (χ4v) is 5.91. The molecule has 1 aliphatic carbocycles. The molecule has 5 rings (SSSR count). The summed E-state index contributed by atoms with van der Waals surface area (Å²) in [5.41, 5.74) is 0.612. The standard InChI is InChI=1S/C21H20F2N6O3S/c22-15-4-1-12(7-13(15)9-24)18-8-16(23)19-10-25-21(27-29(18)19)26-17-5-6-28(11-20(17)30)33(31,32)14-2-3-14/h1,4,7-8,10,14,17,20,30H,2-3,5-6,11H2,(H,26,27)/t17-,20-/m1/s1. The summed E-state index contributed by atoms with van der Waals surface area (Å²) in [7, 11) is -3.37. The van der Waals surface area contributed by atoms with Crippen molar-refractivity contribution in [1.82, 2.24) is 18.9 Å². The van der Waals surface area contributed by atoms with E-state index in [1.807, 2.05) is 0 Å². The average molecular weight is 474 g/mol. The Morgan fingerprint density at radius 1 is 1.18 bits per heavy atom. The molecule has 1 saturated heterocycles. The predicted octanol–water partition coefficient (Wildman–Crippen LogP) is 1.89. The molecule has 2 fully saturated rings. The number of fused-ring (bicyclic) bond motifs is 1. The van der Waals surface area contributed by atoms with Crippen molar-refractivity contribution in [1.29, 1.82) is 5.26 Å². The molecule has 3 aromatic rings. The minimum atomic E-state index is -3.37. The number of piperidine rings is 1. The highest BCUT2D eigenvalue weighted by Gasteiger charge is 2.43. The van der Waals surface area contributed by atoms with Crippen LogP contribution in [-0.4, -0.2) is 62.9 Å². The summed E-state index contributed by atoms with van der Waals surface area (Å²) in [6.45, 7) is 0.250. The number of sulfonamides is 1. The van der Waals surface area contributed by atoms with Crippen LogP contribution < -0.4 is 5.32 Å². The van der Waals surface area contributed by atoms with Crippen LogP contribution in [0.4, 0.5) is 14.7 Å². The summed E-state index contributed by atoms with van der Waals surface area (Å²) in [4.78, 5) is 4.12. The minimum Gasteiger partial charge on any atom is -0.390 e. The summed E-state index contributed by atoms with van der Waals surface area (Å²) < 4.78 is 55.7. The van der Waals surface area contributed by atoms with Gasteiger partial charge in [0.1, 0.15) is 17.4 Å². The van der Waals surface area contributed by atoms with E-state index in [9.17, 15) is 22.3 Å². The zero-order valence-corrected chi connectivity index (χ0v) is 18.1. The molecule has 0 unspecified atom stereocenters. The number of benzene rings is 1. The molecule has 3 heterocycles. The molecule has 172 valence electrons. The summed E-state index contributed by atoms with van der Waals surface area (Å²) in [5, 5.41) is 26.6. The lowest BCUT2D eigenvalue weighted by Crippen LogP contribution is -2.52. The second-order valence-corrected chi connectivity index (χ2v) is 10.5. The van der Waals surface area contributed by atoms with E-state index in [1.165, 1.54) is 33.2 Å². The monoisotopic (exact) mass is 474 g/mol. The van der Waals surface area contributed by atoms with Crippen LogP contribution in [0.5, 0.6) is 0 Å². The Morgan fingerprint density at radius 2 is 1.97 bits per heavy atom. The smallest absolute Gasteiger partial charge is 0.241 e. The topological polar surface area (TPSA) is 124 Å². The lowest BCUT2D eigenvalue weighted by Gasteiger charge is -2.35. The van der Waals surface area contributed by atoms with Crippen LogP contribution in [0.15, 0.2) is 30.5 Å². The Bertz CT molecular complexity index is 1380. The second-order valence-electron chi connectivity index (χ2n) is 8.27. The van der Waals surface area contributed by atoms with E-state index in [1.54, 1.807) is 6.07 Å². The third kappa shape index (κ3) is 3.92. The minimum absolute atomic E-state index is 0.0192. The molecule has 0 amide bonds. The largest absolute Gasteiger partial charge is 0.390 e. The van der Waals surface area contributed by atoms with Gasteiger partial charge < -0.3 is 10.4 Å². The lowest BCUT2D eigenvalue weighted by molar-refractivity contribution is 0.0946. The molecule has 0 radical (unpaired) electrons. The Hall–Kier alpha value is -3.14. The number of nitrogens with zero attached hydrogens (tertiary/aromatic N) is 5. The predicted molar refractivity (Wildman–Crippen MR) is 115 cm³/mol. The van der Waals surface area contributed by atoms with Gasteiger partial charge in [-0.05, 0) is 37.5 Å². The first-order valence-corrected chi connectivity index (χ1v) is 12.0. The van der Waals surface area contributed by atoms with Crippen molar-refractivity contribution >= 4 is 21.5 Å². The number of nitrogens with one attached hydrogen (secondary N) is 1. The van der Waals surface area contributed by atoms with Gasteiger partial charge in [-0.3, -0.25) is 0 Å². The molecular formula is C21H20F2N6O3S. The first kappa shape index (κ1) is 21.7. The van der Waals surface area contributed by atoms with Gasteiger partial charge in [0.15, 0.2) is 5.82 Å². The molecule has 1 aliphatic heterocycles. The van der Waals surface area contributed by atoms with Gasteiger partial charge in [0.05, 0.1) is 34.8 Å². The molecule has 2 aliphatic rings. The maximum absolute atomic E-state index is 14.5. The summed E-state index contributed by atoms with van der Waals surface area (Å²) in [6.07, 6.45) is 1.98. The number of nitriles is 1. The van der Waals surface area contributed by atoms with E-state index in [-0.39, 0.29) is 35.4 Å². The number of halogens is 2. The van der Waals surface area contributed by atoms with Crippen LogP contribution in [0.2, 0.25) is 0 Å². The zero-order chi connectivity index (χ0) is 23.3. The van der Waals surface area contributed by atoms with E-state index in [0.29, 0.717) is 30.5 Å². The number of aromatic nitrogens is 3. The van der Waals surface area contributed by atoms with Gasteiger partial charge in [-0.1, -0.05) is 0 Å². The lowest BCUT2D eigenvalue weighted by atomic mass is 10.0. The fourth-order valence-electron chi connectivity index (χ4n) is 4.04. The number of hydrogen-bond donors (Lipinski definition) is 2. The number of aliphatic hydroxyl groups excluding tert-OH is 1. The normalized spacial score (nSPS) is 21.8. The van der Waals surface area contributed by atoms with Crippen LogP contribution in [0, 0.1) is 23.0 Å². The Balaban J connectivity index is 1.40. The third-order valence-corrected chi connectivity index (χ3v) is 8.38. The van der Waals surface area contributed by atoms with Crippen LogP contribution in [0.25, 0.3) is 16.8 Å². The van der Waals surface area contributed by atoms with Gasteiger partial charge in [-0.15, -0.1) is 5.10 Å². The quantitative estimate of drug-likeness (QED) is 0.579. The Kier molecular flexibility index (Phi) is 5.27. The molecule has 1 saturated carbocycles. The van der Waals surface area contributed by atoms with Gasteiger partial charge in [-0.2, -0.15) is 9.57 Å². The van der Waals surface area contributed by atoms with E-state index >= 15 is 0 Å². The molecule has 33 heavy (non-hydrogen) atoms. The van der Waals surface area contributed by atoms with Gasteiger partial charge in [-0.25, -0.2) is 26.7 Å². The van der Waals surface area contributed by atoms with E-state index in [4.69, 9.17) is 5.26 Å². The average Bonchev–Trinajstić information content (AvgIpc) is 3.61. The first-order valence-electron chi connectivity index (χ1n) is 10.5. The molecule has 0 spiro atoms. The van der Waals surface area contributed by atoms with Crippen LogP contribution in [0.3, 0.4) is 0 Å². The highest BCUT2D eigenvalue weighted by Crippen LogP contribution is 2.33. The van der Waals surface area contributed by atoms with Gasteiger partial charge >= 0.3 is 0 Å². The maximum Gasteiger partial charge on any atom is 0.241 e. The number of β-amino-alcohol motifs (C(OH)–C–C–N with tert-alkyl or cyclic N) is 1. The molecule has 0 bridgehead atoms. The highest BCUT2D eigenvalue weighted by molar-refractivity contribution is 7.90. The van der Waals surface area contributed by atoms with Crippen LogP contribution in [-0.2, 0) is 10.0 Å². The fraction of sp³-hybridized carbons (Fsp3) is 0.381. The van der Waals surface area contributed by atoms with E-state index in [2.05, 4.69) is 15.4 Å². The van der Waals surface area contributed by atoms with Crippen molar-refractivity contribution in [2.24, 2.45) is 0 Å². The van der Waals surface area contributed by atoms with Crippen LogP contribution >= 0.6 is 0 Å². The van der Waals surface area contributed by atoms with Gasteiger partial charge in [0.2, 0.25) is 16.0 Å². The summed E-state index contributed by atoms with van der Waals surface area (Å²) in [6, 6.07) is 6.35. The number of rotatable bonds is 5. The Morgan fingerprint density at radius 3 is 2.67 bits per heavy atom. The molecule has 12 heteroatoms. The van der Waals surface area contributed by atoms with Crippen molar-refractivity contribution in [2.75, 3.05) is 18.4 Å². The first-order chi connectivity index (χ1) is 15.8. The molecule has 2 atom stereocenters. The number of anilines is 1. The molecule has 9 nitrogen and oxygen atoms in total. The highest BCUT2D eigenvalue weighted by atomic mass is 32.2. The van der Waals surface area contributed by atoms with E-state index < -0.39 is 33.8 Å². The van der Waals surface area contributed by atoms with Gasteiger partial charge in [0.25, 0.3) is 0 Å². The zero-order valence-electron chi connectivity index (χ0n) is 17.3. The number of aliphatic hydroxyl groups is 1. The molecule has 1 aromatic carbocycles. The van der Waals surface area contributed by atoms with Crippen molar-refractivity contribution in [3.05, 3.63) is 47.7 Å². The van der Waals surface area contributed by atoms with Crippen molar-refractivity contribution < 1.29 is 22.3 Å². The second kappa shape index (κ2) is 8.02. The van der Waals surface area contributed by atoms with Crippen molar-refractivity contribution in [3.63, 3.8) is 0 Å². The molecular weight excluding hydrogens is 454 g/mol. The summed E-state index contributed by atoms with van der Waals surface area (Å²) >= 11 is 0. The molecule has 2 N–H and O–H groups in total. The molecule has 2 aromatic heterocycles. The van der Waals surface area contributed by atoms with Crippen molar-refractivity contribution in [3.8, 4) is 17.3 Å². The van der Waals surface area contributed by atoms with E-state index in [0.717, 1.165) is 6.07 Å². The number of hydrogen-bond acceptors (Lipinski definition) is 7. The summed E-state index contributed by atoms with van der Waals surface area (Å²) in [5.74, 6) is -1.15. The SMILES string of the molecule is N#Cc1cc(-c2cc(F)c3cnc(N[C@@H]4CCN(S(=O)(=O)C5CC5)C[C@H]4O)nn23)ccc1F. The van der Waals surface area contributed by atoms with Crippen LogP contribution in [0.1, 0.15) is 24.8 Å².